The third-order valence-corrected chi connectivity index (χ3v) is 6.04. The van der Waals surface area contributed by atoms with Crippen LogP contribution < -0.4 is 0 Å². The van der Waals surface area contributed by atoms with Gasteiger partial charge in [0.05, 0.1) is 5.25 Å². The highest BCUT2D eigenvalue weighted by Gasteiger charge is 2.32. The molecule has 1 atom stereocenters. The lowest BCUT2D eigenvalue weighted by Gasteiger charge is -2.35. The van der Waals surface area contributed by atoms with Crippen molar-refractivity contribution in [2.24, 2.45) is 0 Å². The Kier molecular flexibility index (Phi) is 4.54. The Hall–Kier alpha value is -1.85. The van der Waals surface area contributed by atoms with Gasteiger partial charge in [0.15, 0.2) is 0 Å². The van der Waals surface area contributed by atoms with Gasteiger partial charge < -0.3 is 4.90 Å². The van der Waals surface area contributed by atoms with Gasteiger partial charge in [0.1, 0.15) is 0 Å². The van der Waals surface area contributed by atoms with Gasteiger partial charge in [0.2, 0.25) is 5.91 Å². The molecule has 2 aliphatic heterocycles. The lowest BCUT2D eigenvalue weighted by molar-refractivity contribution is -0.132. The number of carbonyl (C=O) groups is 1. The fraction of sp³-hybridized carbons (Fsp3) is 0.368. The van der Waals surface area contributed by atoms with Crippen LogP contribution in [0.5, 0.6) is 0 Å². The first-order valence-corrected chi connectivity index (χ1v) is 9.32. The molecule has 1 aromatic carbocycles. The predicted molar refractivity (Wildman–Crippen MR) is 95.9 cm³/mol. The molecular weight excluding hydrogens is 318 g/mol. The number of nitrogens with zero attached hydrogens (tertiary/aromatic N) is 3. The van der Waals surface area contributed by atoms with Gasteiger partial charge >= 0.3 is 0 Å². The summed E-state index contributed by atoms with van der Waals surface area (Å²) in [6.07, 6.45) is 4.59. The van der Waals surface area contributed by atoms with Gasteiger partial charge in [-0.1, -0.05) is 24.3 Å². The fourth-order valence-electron chi connectivity index (χ4n) is 3.40. The Balaban J connectivity index is 1.31. The lowest BCUT2D eigenvalue weighted by Crippen LogP contribution is -2.50. The molecule has 2 aliphatic rings. The molecule has 0 unspecified atom stereocenters. The summed E-state index contributed by atoms with van der Waals surface area (Å²) in [6.45, 7) is 4.44. The molecule has 0 spiro atoms. The van der Waals surface area contributed by atoms with Crippen molar-refractivity contribution in [3.05, 3.63) is 59.9 Å². The maximum atomic E-state index is 12.8. The molecule has 0 N–H and O–H groups in total. The summed E-state index contributed by atoms with van der Waals surface area (Å²) in [7, 11) is 0. The van der Waals surface area contributed by atoms with E-state index < -0.39 is 0 Å². The molecule has 24 heavy (non-hydrogen) atoms. The van der Waals surface area contributed by atoms with Gasteiger partial charge in [-0.05, 0) is 29.7 Å². The first kappa shape index (κ1) is 15.7. The minimum absolute atomic E-state index is 0.0623. The number of rotatable bonds is 3. The summed E-state index contributed by atoms with van der Waals surface area (Å²) in [5.74, 6) is 0.303. The second-order valence-corrected chi connectivity index (χ2v) is 7.63. The number of thioether (sulfide) groups is 1. The summed E-state index contributed by atoms with van der Waals surface area (Å²) in [6, 6.07) is 12.5. The van der Waals surface area contributed by atoms with E-state index >= 15 is 0 Å². The minimum atomic E-state index is 0.0623. The summed E-state index contributed by atoms with van der Waals surface area (Å²) in [5, 5.41) is 0.0623. The Morgan fingerprint density at radius 3 is 2.71 bits per heavy atom. The number of fused-ring (bicyclic) bond motifs is 1. The minimum Gasteiger partial charge on any atom is -0.339 e. The molecule has 1 saturated heterocycles. The monoisotopic (exact) mass is 339 g/mol. The number of hydrogen-bond acceptors (Lipinski definition) is 4. The van der Waals surface area contributed by atoms with Crippen molar-refractivity contribution < 1.29 is 4.79 Å². The van der Waals surface area contributed by atoms with Crippen LogP contribution in [-0.4, -0.2) is 52.1 Å². The molecule has 1 amide bonds. The predicted octanol–water partition coefficient (Wildman–Crippen LogP) is 2.44. The molecule has 0 bridgehead atoms. The van der Waals surface area contributed by atoms with Crippen LogP contribution >= 0.6 is 11.8 Å². The van der Waals surface area contributed by atoms with E-state index in [9.17, 15) is 4.79 Å². The maximum absolute atomic E-state index is 12.8. The van der Waals surface area contributed by atoms with Crippen molar-refractivity contribution in [1.82, 2.24) is 14.8 Å². The van der Waals surface area contributed by atoms with Gasteiger partial charge in [-0.15, -0.1) is 11.8 Å². The molecule has 5 heteroatoms. The molecule has 1 fully saturated rings. The molecule has 4 rings (SSSR count). The van der Waals surface area contributed by atoms with Crippen LogP contribution in [0, 0.1) is 0 Å². The fourth-order valence-corrected chi connectivity index (χ4v) is 4.68. The molecule has 2 aromatic rings. The van der Waals surface area contributed by atoms with Crippen molar-refractivity contribution in [2.75, 3.05) is 26.2 Å². The van der Waals surface area contributed by atoms with Gasteiger partial charge in [-0.3, -0.25) is 14.7 Å². The number of pyridine rings is 1. The number of carbonyl (C=O) groups excluding carboxylic acids is 1. The quantitative estimate of drug-likeness (QED) is 0.861. The SMILES string of the molecule is O=C([C@H]1Cc2ccccc2S1)N1CCN(Cc2cccnc2)CC1. The van der Waals surface area contributed by atoms with Crippen molar-refractivity contribution in [1.29, 1.82) is 0 Å². The molecule has 0 radical (unpaired) electrons. The third kappa shape index (κ3) is 3.32. The zero-order chi connectivity index (χ0) is 16.4. The van der Waals surface area contributed by atoms with E-state index in [0.29, 0.717) is 5.91 Å². The van der Waals surface area contributed by atoms with E-state index in [0.717, 1.165) is 39.1 Å². The Bertz CT molecular complexity index is 689. The van der Waals surface area contributed by atoms with E-state index in [1.165, 1.54) is 16.0 Å². The van der Waals surface area contributed by atoms with Crippen LogP contribution in [0.3, 0.4) is 0 Å². The molecule has 124 valence electrons. The summed E-state index contributed by atoms with van der Waals surface area (Å²) < 4.78 is 0. The molecule has 4 nitrogen and oxygen atoms in total. The van der Waals surface area contributed by atoms with E-state index in [2.05, 4.69) is 40.2 Å². The largest absolute Gasteiger partial charge is 0.339 e. The van der Waals surface area contributed by atoms with Crippen LogP contribution in [0.1, 0.15) is 11.1 Å². The van der Waals surface area contributed by atoms with Crippen LogP contribution in [0.4, 0.5) is 0 Å². The van der Waals surface area contributed by atoms with Crippen molar-refractivity contribution in [3.63, 3.8) is 0 Å². The van der Waals surface area contributed by atoms with Crippen molar-refractivity contribution in [2.45, 2.75) is 23.1 Å². The molecular formula is C19H21N3OS. The number of piperazine rings is 1. The van der Waals surface area contributed by atoms with E-state index in [1.807, 2.05) is 17.2 Å². The normalized spacial score (nSPS) is 20.8. The number of amides is 1. The zero-order valence-corrected chi connectivity index (χ0v) is 14.4. The Morgan fingerprint density at radius 2 is 1.96 bits per heavy atom. The van der Waals surface area contributed by atoms with Gasteiger partial charge in [-0.2, -0.15) is 0 Å². The zero-order valence-electron chi connectivity index (χ0n) is 13.6. The highest BCUT2D eigenvalue weighted by Crippen LogP contribution is 2.37. The number of aromatic nitrogens is 1. The summed E-state index contributed by atoms with van der Waals surface area (Å²) in [4.78, 5) is 22.7. The molecule has 1 aromatic heterocycles. The topological polar surface area (TPSA) is 36.4 Å². The summed E-state index contributed by atoms with van der Waals surface area (Å²) >= 11 is 1.73. The highest BCUT2D eigenvalue weighted by atomic mass is 32.2. The third-order valence-electron chi connectivity index (χ3n) is 4.74. The molecule has 3 heterocycles. The van der Waals surface area contributed by atoms with Gasteiger partial charge in [0, 0.05) is 50.0 Å². The van der Waals surface area contributed by atoms with Crippen LogP contribution in [0.15, 0.2) is 53.7 Å². The standard InChI is InChI=1S/C19H21N3OS/c23-19(18-12-16-5-1-2-6-17(16)24-18)22-10-8-21(9-11-22)14-15-4-3-7-20-13-15/h1-7,13,18H,8-12,14H2/t18-/m1/s1. The molecule has 0 saturated carbocycles. The van der Waals surface area contributed by atoms with Crippen LogP contribution in [-0.2, 0) is 17.8 Å². The smallest absolute Gasteiger partial charge is 0.236 e. The second-order valence-electron chi connectivity index (χ2n) is 6.38. The number of benzene rings is 1. The average Bonchev–Trinajstić information content (AvgIpc) is 3.07. The second kappa shape index (κ2) is 6.95. The van der Waals surface area contributed by atoms with Gasteiger partial charge in [0.25, 0.3) is 0 Å². The molecule has 0 aliphatic carbocycles. The Labute approximate surface area is 146 Å². The van der Waals surface area contributed by atoms with Crippen LogP contribution in [0.2, 0.25) is 0 Å². The van der Waals surface area contributed by atoms with E-state index in [1.54, 1.807) is 18.0 Å². The lowest BCUT2D eigenvalue weighted by atomic mass is 10.1. The first-order chi connectivity index (χ1) is 11.8. The maximum Gasteiger partial charge on any atom is 0.236 e. The van der Waals surface area contributed by atoms with E-state index in [4.69, 9.17) is 0 Å². The van der Waals surface area contributed by atoms with Crippen molar-refractivity contribution in [3.8, 4) is 0 Å². The van der Waals surface area contributed by atoms with E-state index in [-0.39, 0.29) is 5.25 Å². The Morgan fingerprint density at radius 1 is 1.12 bits per heavy atom. The average molecular weight is 339 g/mol. The summed E-state index contributed by atoms with van der Waals surface area (Å²) in [5.41, 5.74) is 2.55. The first-order valence-electron chi connectivity index (χ1n) is 8.44. The van der Waals surface area contributed by atoms with Crippen molar-refractivity contribution >= 4 is 17.7 Å². The van der Waals surface area contributed by atoms with Crippen LogP contribution in [0.25, 0.3) is 0 Å². The number of hydrogen-bond donors (Lipinski definition) is 0. The van der Waals surface area contributed by atoms with Gasteiger partial charge in [-0.25, -0.2) is 0 Å². The highest BCUT2D eigenvalue weighted by molar-refractivity contribution is 8.01.